The summed E-state index contributed by atoms with van der Waals surface area (Å²) in [6.45, 7) is 3.13. The van der Waals surface area contributed by atoms with Gasteiger partial charge >= 0.3 is 6.03 Å². The van der Waals surface area contributed by atoms with Crippen LogP contribution in [0, 0.1) is 5.92 Å². The van der Waals surface area contributed by atoms with Crippen LogP contribution in [0.3, 0.4) is 0 Å². The number of urea groups is 1. The highest BCUT2D eigenvalue weighted by Gasteiger charge is 2.27. The molecule has 0 spiro atoms. The van der Waals surface area contributed by atoms with Crippen molar-refractivity contribution < 1.29 is 14.3 Å². The van der Waals surface area contributed by atoms with E-state index in [9.17, 15) is 9.59 Å². The molecule has 3 amide bonds. The number of nitrogens with zero attached hydrogens (tertiary/aromatic N) is 2. The van der Waals surface area contributed by atoms with Gasteiger partial charge in [-0.2, -0.15) is 0 Å². The largest absolute Gasteiger partial charge is 0.495 e. The Hall–Kier alpha value is -1.95. The molecule has 1 aromatic rings. The molecule has 2 aliphatic heterocycles. The van der Waals surface area contributed by atoms with E-state index < -0.39 is 0 Å². The second-order valence-corrected chi connectivity index (χ2v) is 7.79. The number of methoxy groups -OCH3 is 1. The molecule has 3 rings (SSSR count). The molecule has 2 saturated heterocycles. The Morgan fingerprint density at radius 3 is 2.48 bits per heavy atom. The number of nitrogens with one attached hydrogen (secondary N) is 1. The third-order valence-electron chi connectivity index (χ3n) is 5.48. The fraction of sp³-hybridized carbons (Fsp3) is 0.600. The van der Waals surface area contributed by atoms with Gasteiger partial charge < -0.3 is 19.9 Å². The molecular weight excluding hydrogens is 366 g/mol. The number of piperidine rings is 2. The number of benzene rings is 1. The summed E-state index contributed by atoms with van der Waals surface area (Å²) in [4.78, 5) is 28.8. The summed E-state index contributed by atoms with van der Waals surface area (Å²) >= 11 is 6.02. The number of hydrogen-bond donors (Lipinski definition) is 1. The molecule has 2 aliphatic rings. The zero-order valence-electron chi connectivity index (χ0n) is 15.9. The summed E-state index contributed by atoms with van der Waals surface area (Å²) in [7, 11) is 1.56. The van der Waals surface area contributed by atoms with Gasteiger partial charge in [0, 0.05) is 37.6 Å². The first-order valence-electron chi connectivity index (χ1n) is 9.74. The van der Waals surface area contributed by atoms with Crippen LogP contribution in [0.2, 0.25) is 5.02 Å². The van der Waals surface area contributed by atoms with Crippen molar-refractivity contribution in [1.29, 1.82) is 0 Å². The van der Waals surface area contributed by atoms with Gasteiger partial charge in [0.25, 0.3) is 0 Å². The normalized spacial score (nSPS) is 18.3. The van der Waals surface area contributed by atoms with Crippen LogP contribution in [0.4, 0.5) is 10.5 Å². The number of rotatable bonds is 4. The SMILES string of the molecule is COc1ccc(Cl)cc1NC(=O)N1CCC(CC(=O)N2CCCCC2)CC1. The van der Waals surface area contributed by atoms with Crippen molar-refractivity contribution in [3.8, 4) is 5.75 Å². The monoisotopic (exact) mass is 393 g/mol. The Morgan fingerprint density at radius 2 is 1.81 bits per heavy atom. The molecule has 0 aliphatic carbocycles. The van der Waals surface area contributed by atoms with Crippen LogP contribution in [-0.4, -0.2) is 55.0 Å². The van der Waals surface area contributed by atoms with Crippen LogP contribution in [0.25, 0.3) is 0 Å². The molecule has 7 heteroatoms. The van der Waals surface area contributed by atoms with Crippen molar-refractivity contribution in [3.05, 3.63) is 23.2 Å². The summed E-state index contributed by atoms with van der Waals surface area (Å²) in [5.41, 5.74) is 0.567. The molecule has 148 valence electrons. The molecule has 27 heavy (non-hydrogen) atoms. The fourth-order valence-electron chi connectivity index (χ4n) is 3.83. The van der Waals surface area contributed by atoms with Crippen molar-refractivity contribution >= 4 is 29.2 Å². The second kappa shape index (κ2) is 9.31. The molecule has 0 atom stereocenters. The zero-order chi connectivity index (χ0) is 19.2. The van der Waals surface area contributed by atoms with E-state index in [1.165, 1.54) is 6.42 Å². The second-order valence-electron chi connectivity index (χ2n) is 7.35. The number of halogens is 1. The highest BCUT2D eigenvalue weighted by atomic mass is 35.5. The van der Waals surface area contributed by atoms with Crippen LogP contribution in [0.5, 0.6) is 5.75 Å². The number of anilines is 1. The number of ether oxygens (including phenoxy) is 1. The van der Waals surface area contributed by atoms with Crippen LogP contribution < -0.4 is 10.1 Å². The predicted molar refractivity (Wildman–Crippen MR) is 106 cm³/mol. The number of likely N-dealkylation sites (tertiary alicyclic amines) is 2. The van der Waals surface area contributed by atoms with Gasteiger partial charge in [-0.15, -0.1) is 0 Å². The average Bonchev–Trinajstić information content (AvgIpc) is 2.69. The lowest BCUT2D eigenvalue weighted by molar-refractivity contribution is -0.133. The van der Waals surface area contributed by atoms with E-state index in [1.54, 1.807) is 30.2 Å². The van der Waals surface area contributed by atoms with Gasteiger partial charge in [-0.25, -0.2) is 4.79 Å². The van der Waals surface area contributed by atoms with Crippen LogP contribution in [0.1, 0.15) is 38.5 Å². The summed E-state index contributed by atoms with van der Waals surface area (Å²) in [5.74, 6) is 1.22. The molecule has 0 bridgehead atoms. The topological polar surface area (TPSA) is 61.9 Å². The van der Waals surface area contributed by atoms with E-state index in [4.69, 9.17) is 16.3 Å². The third kappa shape index (κ3) is 5.28. The molecule has 0 saturated carbocycles. The Balaban J connectivity index is 1.48. The Morgan fingerprint density at radius 1 is 1.11 bits per heavy atom. The van der Waals surface area contributed by atoms with Crippen molar-refractivity contribution in [2.75, 3.05) is 38.6 Å². The highest BCUT2D eigenvalue weighted by Crippen LogP contribution is 2.29. The Labute approximate surface area is 165 Å². The molecule has 0 unspecified atom stereocenters. The van der Waals surface area contributed by atoms with Gasteiger partial charge in [-0.3, -0.25) is 4.79 Å². The molecular formula is C20H28ClN3O3. The predicted octanol–water partition coefficient (Wildman–Crippen LogP) is 4.00. The van der Waals surface area contributed by atoms with Crippen molar-refractivity contribution in [1.82, 2.24) is 9.80 Å². The first-order valence-corrected chi connectivity index (χ1v) is 10.1. The van der Waals surface area contributed by atoms with E-state index >= 15 is 0 Å². The molecule has 0 radical (unpaired) electrons. The minimum atomic E-state index is -0.156. The number of amides is 3. The van der Waals surface area contributed by atoms with Crippen molar-refractivity contribution in [3.63, 3.8) is 0 Å². The third-order valence-corrected chi connectivity index (χ3v) is 5.71. The summed E-state index contributed by atoms with van der Waals surface area (Å²) in [6, 6.07) is 4.98. The first kappa shape index (κ1) is 19.8. The highest BCUT2D eigenvalue weighted by molar-refractivity contribution is 6.31. The molecule has 2 heterocycles. The Kier molecular flexibility index (Phi) is 6.83. The van der Waals surface area contributed by atoms with Gasteiger partial charge in [0.2, 0.25) is 5.91 Å². The van der Waals surface area contributed by atoms with Gasteiger partial charge in [0.1, 0.15) is 5.75 Å². The number of carbonyl (C=O) groups is 2. The van der Waals surface area contributed by atoms with Gasteiger partial charge in [-0.05, 0) is 56.2 Å². The van der Waals surface area contributed by atoms with Crippen molar-refractivity contribution in [2.24, 2.45) is 5.92 Å². The van der Waals surface area contributed by atoms with E-state index in [-0.39, 0.29) is 11.9 Å². The van der Waals surface area contributed by atoms with Gasteiger partial charge in [0.05, 0.1) is 12.8 Å². The lowest BCUT2D eigenvalue weighted by Gasteiger charge is -2.33. The summed E-state index contributed by atoms with van der Waals surface area (Å²) in [5, 5.41) is 3.42. The van der Waals surface area contributed by atoms with Crippen LogP contribution >= 0.6 is 11.6 Å². The summed E-state index contributed by atoms with van der Waals surface area (Å²) in [6.07, 6.45) is 5.81. The smallest absolute Gasteiger partial charge is 0.321 e. The van der Waals surface area contributed by atoms with Gasteiger partial charge in [0.15, 0.2) is 0 Å². The number of carbonyl (C=O) groups excluding carboxylic acids is 2. The molecule has 6 nitrogen and oxygen atoms in total. The minimum Gasteiger partial charge on any atom is -0.495 e. The maximum Gasteiger partial charge on any atom is 0.321 e. The average molecular weight is 394 g/mol. The lowest BCUT2D eigenvalue weighted by Crippen LogP contribution is -2.42. The van der Waals surface area contributed by atoms with E-state index in [2.05, 4.69) is 5.32 Å². The standard InChI is InChI=1S/C20H28ClN3O3/c1-27-18-6-5-16(21)14-17(18)22-20(26)24-11-7-15(8-12-24)13-19(25)23-9-3-2-4-10-23/h5-6,14-15H,2-4,7-13H2,1H3,(H,22,26). The fourth-order valence-corrected chi connectivity index (χ4v) is 4.00. The van der Waals surface area contributed by atoms with Crippen LogP contribution in [0.15, 0.2) is 18.2 Å². The van der Waals surface area contributed by atoms with E-state index in [0.717, 1.165) is 38.8 Å². The zero-order valence-corrected chi connectivity index (χ0v) is 16.6. The molecule has 1 N–H and O–H groups in total. The molecule has 1 aromatic carbocycles. The van der Waals surface area contributed by atoms with Crippen LogP contribution in [-0.2, 0) is 4.79 Å². The maximum atomic E-state index is 12.6. The van der Waals surface area contributed by atoms with E-state index in [1.807, 2.05) is 4.90 Å². The number of hydrogen-bond acceptors (Lipinski definition) is 3. The Bertz CT molecular complexity index is 668. The first-order chi connectivity index (χ1) is 13.1. The molecule has 0 aromatic heterocycles. The van der Waals surface area contributed by atoms with E-state index in [0.29, 0.717) is 41.9 Å². The minimum absolute atomic E-state index is 0.156. The van der Waals surface area contributed by atoms with Crippen molar-refractivity contribution in [2.45, 2.75) is 38.5 Å². The quantitative estimate of drug-likeness (QED) is 0.841. The maximum absolute atomic E-state index is 12.6. The summed E-state index contributed by atoms with van der Waals surface area (Å²) < 4.78 is 5.27. The molecule has 2 fully saturated rings. The van der Waals surface area contributed by atoms with Gasteiger partial charge in [-0.1, -0.05) is 11.6 Å². The lowest BCUT2D eigenvalue weighted by atomic mass is 9.93.